The van der Waals surface area contributed by atoms with E-state index in [4.69, 9.17) is 16.3 Å². The molecule has 6 atom stereocenters. The summed E-state index contributed by atoms with van der Waals surface area (Å²) < 4.78 is 5.59. The second kappa shape index (κ2) is 11.2. The fourth-order valence-corrected chi connectivity index (χ4v) is 9.00. The average Bonchev–Trinajstić information content (AvgIpc) is 3.50. The van der Waals surface area contributed by atoms with Gasteiger partial charge in [0.2, 0.25) is 23.6 Å². The molecule has 4 aromatic carbocycles. The number of anilines is 2. The van der Waals surface area contributed by atoms with Crippen LogP contribution in [0.1, 0.15) is 29.9 Å². The highest BCUT2D eigenvalue weighted by molar-refractivity contribution is 6.32. The van der Waals surface area contributed by atoms with E-state index in [1.54, 1.807) is 60.7 Å². The Labute approximate surface area is 282 Å². The Morgan fingerprint density at radius 3 is 2.19 bits per heavy atom. The van der Waals surface area contributed by atoms with Crippen molar-refractivity contribution in [3.8, 4) is 11.5 Å². The number of halogens is 1. The van der Waals surface area contributed by atoms with Gasteiger partial charge in [0.1, 0.15) is 11.5 Å². The van der Waals surface area contributed by atoms with E-state index in [0.717, 1.165) is 5.57 Å². The first-order valence-corrected chi connectivity index (χ1v) is 16.3. The van der Waals surface area contributed by atoms with Crippen molar-refractivity contribution in [2.24, 2.45) is 23.7 Å². The van der Waals surface area contributed by atoms with Gasteiger partial charge < -0.3 is 9.84 Å². The van der Waals surface area contributed by atoms with E-state index in [1.165, 1.54) is 23.0 Å². The van der Waals surface area contributed by atoms with Crippen LogP contribution in [0.3, 0.4) is 0 Å². The number of allylic oxidation sites excluding steroid dienone is 2. The van der Waals surface area contributed by atoms with Gasteiger partial charge in [0.25, 0.3) is 0 Å². The summed E-state index contributed by atoms with van der Waals surface area (Å²) in [5.74, 6) is -4.79. The molecule has 8 rings (SSSR count). The van der Waals surface area contributed by atoms with E-state index < -0.39 is 46.8 Å². The van der Waals surface area contributed by atoms with Gasteiger partial charge in [-0.05, 0) is 72.9 Å². The summed E-state index contributed by atoms with van der Waals surface area (Å²) in [6.07, 6.45) is 2.41. The zero-order chi connectivity index (χ0) is 33.3. The molecule has 4 amide bonds. The largest absolute Gasteiger partial charge is 0.508 e. The molecule has 48 heavy (non-hydrogen) atoms. The lowest BCUT2D eigenvalue weighted by Gasteiger charge is -2.50. The maximum absolute atomic E-state index is 15.3. The fourth-order valence-electron chi connectivity index (χ4n) is 8.81. The number of phenolic OH excluding ortho intramolecular Hbond substituents is 1. The van der Waals surface area contributed by atoms with Crippen LogP contribution in [0.4, 0.5) is 11.4 Å². The average molecular weight is 659 g/mol. The Morgan fingerprint density at radius 1 is 0.771 bits per heavy atom. The van der Waals surface area contributed by atoms with Crippen LogP contribution in [0, 0.1) is 23.7 Å². The van der Waals surface area contributed by atoms with E-state index in [9.17, 15) is 19.5 Å². The van der Waals surface area contributed by atoms with Crippen LogP contribution in [0.25, 0.3) is 0 Å². The molecule has 2 heterocycles. The van der Waals surface area contributed by atoms with Crippen molar-refractivity contribution >= 4 is 46.6 Å². The molecule has 2 aliphatic carbocycles. The third-order valence-electron chi connectivity index (χ3n) is 10.7. The lowest BCUT2D eigenvalue weighted by Crippen LogP contribution is -2.53. The van der Waals surface area contributed by atoms with Crippen LogP contribution in [0.2, 0.25) is 5.02 Å². The number of carbonyl (C=O) groups is 4. The molecule has 3 fully saturated rings. The minimum atomic E-state index is -1.50. The van der Waals surface area contributed by atoms with Crippen molar-refractivity contribution in [3.63, 3.8) is 0 Å². The Kier molecular flexibility index (Phi) is 7.03. The molecule has 1 N–H and O–H groups in total. The highest BCUT2D eigenvalue weighted by Gasteiger charge is 2.70. The smallest absolute Gasteiger partial charge is 0.246 e. The molecule has 1 saturated carbocycles. The van der Waals surface area contributed by atoms with E-state index in [1.807, 2.05) is 42.5 Å². The number of hydrogen-bond acceptors (Lipinski definition) is 6. The molecule has 4 aliphatic rings. The first-order valence-electron chi connectivity index (χ1n) is 16.0. The number of amides is 4. The summed E-state index contributed by atoms with van der Waals surface area (Å²) in [4.78, 5) is 60.8. The molecular weight excluding hydrogens is 628 g/mol. The van der Waals surface area contributed by atoms with Crippen molar-refractivity contribution < 1.29 is 29.0 Å². The van der Waals surface area contributed by atoms with E-state index >= 15 is 4.79 Å². The molecule has 0 radical (unpaired) electrons. The highest BCUT2D eigenvalue weighted by Crippen LogP contribution is 2.65. The van der Waals surface area contributed by atoms with Crippen LogP contribution in [-0.2, 0) is 24.6 Å². The highest BCUT2D eigenvalue weighted by atomic mass is 35.5. The first-order chi connectivity index (χ1) is 23.3. The van der Waals surface area contributed by atoms with Crippen molar-refractivity contribution in [2.45, 2.75) is 24.2 Å². The molecular formula is C39H31ClN2O6. The monoisotopic (exact) mass is 658 g/mol. The molecule has 0 unspecified atom stereocenters. The third-order valence-corrected chi connectivity index (χ3v) is 11.0. The van der Waals surface area contributed by atoms with Gasteiger partial charge in [-0.2, -0.15) is 0 Å². The van der Waals surface area contributed by atoms with Gasteiger partial charge in [0.05, 0.1) is 41.7 Å². The SMILES string of the molecule is COc1ccc(O)c([C@H]2C3=CC[C@@H]4C(=O)N(c5ccccc5)C(=O)[C@@H]4[C@@H]3C[C@H]3C(=O)N(c4cccc(Cl)c4)C(=O)[C@@]23c2ccccc2)c1. The van der Waals surface area contributed by atoms with Gasteiger partial charge in [-0.25, -0.2) is 4.90 Å². The molecule has 0 aromatic heterocycles. The van der Waals surface area contributed by atoms with Crippen molar-refractivity contribution in [2.75, 3.05) is 16.9 Å². The van der Waals surface area contributed by atoms with Crippen LogP contribution in [0.15, 0.2) is 115 Å². The fraction of sp³-hybridized carbons (Fsp3) is 0.231. The van der Waals surface area contributed by atoms with E-state index in [-0.39, 0.29) is 30.4 Å². The summed E-state index contributed by atoms with van der Waals surface area (Å²) in [5, 5.41) is 11.9. The standard InChI is InChI=1S/C39H31ClN2O6/c1-48-26-15-18-32(43)30(20-26)34-27-16-17-28-33(37(46)41(35(28)44)24-12-6-3-7-13-24)29(27)21-31-36(45)42(25-14-8-11-23(40)19-25)38(47)39(31,34)22-9-4-2-5-10-22/h2-16,18-20,28-29,31,33-34,43H,17,21H2,1H3/t28-,29+,31-,33-,34+,39+/m0/s1. The molecule has 2 aliphatic heterocycles. The van der Waals surface area contributed by atoms with Crippen LogP contribution >= 0.6 is 11.6 Å². The second-order valence-electron chi connectivity index (χ2n) is 12.9. The Hall–Kier alpha value is -5.21. The third kappa shape index (κ3) is 4.15. The number of para-hydroxylation sites is 1. The predicted molar refractivity (Wildman–Crippen MR) is 180 cm³/mol. The maximum atomic E-state index is 15.3. The molecule has 4 aromatic rings. The van der Waals surface area contributed by atoms with Gasteiger partial charge in [-0.3, -0.25) is 24.1 Å². The maximum Gasteiger partial charge on any atom is 0.246 e. The van der Waals surface area contributed by atoms with Crippen LogP contribution < -0.4 is 14.5 Å². The van der Waals surface area contributed by atoms with Crippen molar-refractivity contribution in [1.82, 2.24) is 0 Å². The van der Waals surface area contributed by atoms with Gasteiger partial charge in [0.15, 0.2) is 0 Å². The predicted octanol–water partition coefficient (Wildman–Crippen LogP) is 6.42. The number of fused-ring (bicyclic) bond motifs is 4. The lowest BCUT2D eigenvalue weighted by atomic mass is 9.49. The molecule has 2 saturated heterocycles. The topological polar surface area (TPSA) is 104 Å². The molecule has 8 nitrogen and oxygen atoms in total. The van der Waals surface area contributed by atoms with Crippen molar-refractivity contribution in [1.29, 1.82) is 0 Å². The summed E-state index contributed by atoms with van der Waals surface area (Å²) >= 11 is 6.38. The zero-order valence-electron chi connectivity index (χ0n) is 26.0. The summed E-state index contributed by atoms with van der Waals surface area (Å²) in [6.45, 7) is 0. The van der Waals surface area contributed by atoms with Gasteiger partial charge in [-0.15, -0.1) is 0 Å². The van der Waals surface area contributed by atoms with Gasteiger partial charge in [0, 0.05) is 16.5 Å². The number of rotatable bonds is 5. The zero-order valence-corrected chi connectivity index (χ0v) is 26.7. The van der Waals surface area contributed by atoms with Crippen molar-refractivity contribution in [3.05, 3.63) is 131 Å². The minimum absolute atomic E-state index is 0.0697. The Balaban J connectivity index is 1.38. The number of methoxy groups -OCH3 is 1. The Bertz CT molecular complexity index is 2030. The number of phenols is 1. The first kappa shape index (κ1) is 30.1. The number of hydrogen-bond donors (Lipinski definition) is 1. The minimum Gasteiger partial charge on any atom is -0.508 e. The molecule has 240 valence electrons. The normalized spacial score (nSPS) is 27.8. The molecule has 0 spiro atoms. The number of benzene rings is 4. The molecule has 0 bridgehead atoms. The van der Waals surface area contributed by atoms with Gasteiger partial charge in [-0.1, -0.05) is 77.8 Å². The summed E-state index contributed by atoms with van der Waals surface area (Å²) in [6, 6.07) is 29.6. The number of imide groups is 2. The number of nitrogens with zero attached hydrogens (tertiary/aromatic N) is 2. The lowest BCUT2D eigenvalue weighted by molar-refractivity contribution is -0.127. The summed E-state index contributed by atoms with van der Waals surface area (Å²) in [7, 11) is 1.52. The van der Waals surface area contributed by atoms with E-state index in [2.05, 4.69) is 0 Å². The number of ether oxygens (including phenoxy) is 1. The van der Waals surface area contributed by atoms with E-state index in [0.29, 0.717) is 33.3 Å². The van der Waals surface area contributed by atoms with Gasteiger partial charge >= 0.3 is 0 Å². The van der Waals surface area contributed by atoms with Crippen LogP contribution in [0.5, 0.6) is 11.5 Å². The summed E-state index contributed by atoms with van der Waals surface area (Å²) in [5.41, 5.74) is 1.12. The van der Waals surface area contributed by atoms with Crippen LogP contribution in [-0.4, -0.2) is 35.8 Å². The number of carbonyl (C=O) groups excluding carboxylic acids is 4. The quantitative estimate of drug-likeness (QED) is 0.196. The Morgan fingerprint density at radius 2 is 1.48 bits per heavy atom. The number of aromatic hydroxyl groups is 1. The second-order valence-corrected chi connectivity index (χ2v) is 13.3. The molecule has 9 heteroatoms.